The predicted octanol–water partition coefficient (Wildman–Crippen LogP) is 2.41. The molecule has 4 nitrogen and oxygen atoms in total. The van der Waals surface area contributed by atoms with Crippen LogP contribution in [-0.4, -0.2) is 9.66 Å². The number of aromatic amines is 1. The molecule has 0 saturated carbocycles. The van der Waals surface area contributed by atoms with Gasteiger partial charge in [0.05, 0.1) is 6.04 Å². The van der Waals surface area contributed by atoms with Gasteiger partial charge in [-0.2, -0.15) is 0 Å². The number of nitrogens with zero attached hydrogens (tertiary/aromatic N) is 1. The molecule has 0 fully saturated rings. The molecule has 1 aliphatic carbocycles. The number of hydrogen-bond acceptors (Lipinski definition) is 2. The summed E-state index contributed by atoms with van der Waals surface area (Å²) in [7, 11) is 0. The zero-order valence-electron chi connectivity index (χ0n) is 11.4. The first-order valence-corrected chi connectivity index (χ1v) is 6.79. The second kappa shape index (κ2) is 4.61. The van der Waals surface area contributed by atoms with Crippen molar-refractivity contribution in [3.05, 3.63) is 57.3 Å². The number of rotatable bonds is 2. The topological polar surface area (TPSA) is 49.8 Å². The zero-order valence-corrected chi connectivity index (χ0v) is 11.4. The van der Waals surface area contributed by atoms with E-state index in [0.717, 1.165) is 25.0 Å². The lowest BCUT2D eigenvalue weighted by Crippen LogP contribution is -2.27. The molecule has 100 valence electrons. The van der Waals surface area contributed by atoms with Crippen LogP contribution in [0.1, 0.15) is 41.5 Å². The predicted molar refractivity (Wildman–Crippen MR) is 76.0 cm³/mol. The third kappa shape index (κ3) is 2.18. The van der Waals surface area contributed by atoms with Crippen molar-refractivity contribution in [1.29, 1.82) is 0 Å². The van der Waals surface area contributed by atoms with Gasteiger partial charge >= 0.3 is 0 Å². The highest BCUT2D eigenvalue weighted by molar-refractivity contribution is 5.29. The minimum absolute atomic E-state index is 0.00674. The molecule has 0 bridgehead atoms. The summed E-state index contributed by atoms with van der Waals surface area (Å²) in [5.41, 5.74) is 8.27. The maximum absolute atomic E-state index is 11.4. The van der Waals surface area contributed by atoms with Gasteiger partial charge in [-0.05, 0) is 56.9 Å². The van der Waals surface area contributed by atoms with Gasteiger partial charge in [0.1, 0.15) is 0 Å². The minimum atomic E-state index is -0.00674. The Morgan fingerprint density at radius 3 is 2.68 bits per heavy atom. The number of H-pyrrole nitrogens is 1. The second-order valence-electron chi connectivity index (χ2n) is 5.28. The molecule has 0 spiro atoms. The van der Waals surface area contributed by atoms with Crippen molar-refractivity contribution >= 4 is 0 Å². The molecule has 0 saturated heterocycles. The standard InChI is InChI=1S/C15H19N3O/c1-10-6-7-11(2)18(10)17-14-5-3-4-13-12(14)8-9-15(19)16-13/h6-9,14,17H,3-5H2,1-2H3,(H,16,19). The Morgan fingerprint density at radius 2 is 1.95 bits per heavy atom. The van der Waals surface area contributed by atoms with Crippen molar-refractivity contribution in [2.75, 3.05) is 5.43 Å². The van der Waals surface area contributed by atoms with Gasteiger partial charge in [-0.25, -0.2) is 0 Å². The molecule has 4 heteroatoms. The van der Waals surface area contributed by atoms with Crippen LogP contribution in [0.2, 0.25) is 0 Å². The molecule has 3 rings (SSSR count). The van der Waals surface area contributed by atoms with Gasteiger partial charge in [0, 0.05) is 23.1 Å². The Labute approximate surface area is 112 Å². The summed E-state index contributed by atoms with van der Waals surface area (Å²) < 4.78 is 2.13. The number of nitrogens with one attached hydrogen (secondary N) is 2. The fourth-order valence-electron chi connectivity index (χ4n) is 2.86. The van der Waals surface area contributed by atoms with Crippen LogP contribution in [0.5, 0.6) is 0 Å². The van der Waals surface area contributed by atoms with Crippen molar-refractivity contribution in [2.24, 2.45) is 0 Å². The molecule has 0 amide bonds. The van der Waals surface area contributed by atoms with Gasteiger partial charge in [0.2, 0.25) is 5.56 Å². The molecule has 0 radical (unpaired) electrons. The smallest absolute Gasteiger partial charge is 0.248 e. The molecule has 2 aromatic rings. The molecule has 19 heavy (non-hydrogen) atoms. The lowest BCUT2D eigenvalue weighted by Gasteiger charge is -2.28. The second-order valence-corrected chi connectivity index (χ2v) is 5.28. The lowest BCUT2D eigenvalue weighted by molar-refractivity contribution is 0.539. The normalized spacial score (nSPS) is 18.1. The van der Waals surface area contributed by atoms with Crippen molar-refractivity contribution < 1.29 is 0 Å². The van der Waals surface area contributed by atoms with Crippen molar-refractivity contribution in [2.45, 2.75) is 39.2 Å². The number of fused-ring (bicyclic) bond motifs is 1. The van der Waals surface area contributed by atoms with E-state index < -0.39 is 0 Å². The summed E-state index contributed by atoms with van der Waals surface area (Å²) in [6.07, 6.45) is 3.16. The van der Waals surface area contributed by atoms with Gasteiger partial charge in [0.25, 0.3) is 0 Å². The fraction of sp³-hybridized carbons (Fsp3) is 0.400. The van der Waals surface area contributed by atoms with E-state index in [0.29, 0.717) is 0 Å². The molecular weight excluding hydrogens is 238 g/mol. The minimum Gasteiger partial charge on any atom is -0.326 e. The van der Waals surface area contributed by atoms with Crippen LogP contribution in [0.15, 0.2) is 29.1 Å². The molecule has 0 aliphatic heterocycles. The zero-order chi connectivity index (χ0) is 13.4. The van der Waals surface area contributed by atoms with Crippen molar-refractivity contribution in [3.63, 3.8) is 0 Å². The maximum Gasteiger partial charge on any atom is 0.248 e. The van der Waals surface area contributed by atoms with E-state index in [1.54, 1.807) is 6.07 Å². The Bertz CT molecular complexity index is 634. The number of aromatic nitrogens is 2. The average Bonchev–Trinajstić information content (AvgIpc) is 2.70. The van der Waals surface area contributed by atoms with Crippen LogP contribution in [0, 0.1) is 13.8 Å². The molecular formula is C15H19N3O. The van der Waals surface area contributed by atoms with E-state index in [2.05, 4.69) is 41.1 Å². The molecule has 0 aromatic carbocycles. The van der Waals surface area contributed by atoms with E-state index in [9.17, 15) is 4.79 Å². The highest BCUT2D eigenvalue weighted by atomic mass is 16.1. The molecule has 2 N–H and O–H groups in total. The largest absolute Gasteiger partial charge is 0.326 e. The summed E-state index contributed by atoms with van der Waals surface area (Å²) >= 11 is 0. The Morgan fingerprint density at radius 1 is 1.21 bits per heavy atom. The first-order chi connectivity index (χ1) is 9.15. The quantitative estimate of drug-likeness (QED) is 0.868. The number of pyridine rings is 1. The third-order valence-electron chi connectivity index (χ3n) is 3.89. The molecule has 2 heterocycles. The Hall–Kier alpha value is -1.97. The number of aryl methyl sites for hydroxylation is 3. The molecule has 2 aromatic heterocycles. The van der Waals surface area contributed by atoms with Crippen LogP contribution in [0.4, 0.5) is 0 Å². The van der Waals surface area contributed by atoms with Crippen molar-refractivity contribution in [1.82, 2.24) is 9.66 Å². The fourth-order valence-corrected chi connectivity index (χ4v) is 2.86. The Balaban J connectivity index is 1.94. The Kier molecular flexibility index (Phi) is 2.93. The summed E-state index contributed by atoms with van der Waals surface area (Å²) in [6.45, 7) is 4.19. The number of hydrogen-bond donors (Lipinski definition) is 2. The molecule has 1 aliphatic rings. The van der Waals surface area contributed by atoms with Crippen LogP contribution >= 0.6 is 0 Å². The van der Waals surface area contributed by atoms with Gasteiger partial charge in [-0.15, -0.1) is 0 Å². The highest BCUT2D eigenvalue weighted by Crippen LogP contribution is 2.28. The summed E-state index contributed by atoms with van der Waals surface area (Å²) in [5.74, 6) is 0. The first kappa shape index (κ1) is 12.1. The van der Waals surface area contributed by atoms with Crippen LogP contribution in [0.3, 0.4) is 0 Å². The van der Waals surface area contributed by atoms with E-state index in [1.165, 1.54) is 17.0 Å². The van der Waals surface area contributed by atoms with Crippen LogP contribution in [0.25, 0.3) is 0 Å². The van der Waals surface area contributed by atoms with E-state index in [4.69, 9.17) is 0 Å². The van der Waals surface area contributed by atoms with E-state index in [1.807, 2.05) is 6.07 Å². The summed E-state index contributed by atoms with van der Waals surface area (Å²) in [5, 5.41) is 0. The summed E-state index contributed by atoms with van der Waals surface area (Å²) in [4.78, 5) is 14.4. The lowest BCUT2D eigenvalue weighted by atomic mass is 9.92. The summed E-state index contributed by atoms with van der Waals surface area (Å²) in [6, 6.07) is 8.07. The maximum atomic E-state index is 11.4. The average molecular weight is 257 g/mol. The molecule has 1 unspecified atom stereocenters. The van der Waals surface area contributed by atoms with Gasteiger partial charge in [0.15, 0.2) is 0 Å². The van der Waals surface area contributed by atoms with E-state index >= 15 is 0 Å². The monoisotopic (exact) mass is 257 g/mol. The highest BCUT2D eigenvalue weighted by Gasteiger charge is 2.21. The van der Waals surface area contributed by atoms with Gasteiger partial charge < -0.3 is 10.4 Å². The van der Waals surface area contributed by atoms with Gasteiger partial charge in [-0.1, -0.05) is 0 Å². The molecule has 1 atom stereocenters. The van der Waals surface area contributed by atoms with E-state index in [-0.39, 0.29) is 11.6 Å². The third-order valence-corrected chi connectivity index (χ3v) is 3.89. The van der Waals surface area contributed by atoms with Crippen LogP contribution in [-0.2, 0) is 6.42 Å². The van der Waals surface area contributed by atoms with Crippen LogP contribution < -0.4 is 11.0 Å². The van der Waals surface area contributed by atoms with Gasteiger partial charge in [-0.3, -0.25) is 9.47 Å². The SMILES string of the molecule is Cc1ccc(C)n1NC1CCCc2[nH]c(=O)ccc21. The first-order valence-electron chi connectivity index (χ1n) is 6.79. The van der Waals surface area contributed by atoms with Crippen molar-refractivity contribution in [3.8, 4) is 0 Å².